The van der Waals surface area contributed by atoms with E-state index in [1.54, 1.807) is 35.0 Å². The summed E-state index contributed by atoms with van der Waals surface area (Å²) in [6, 6.07) is 17.7. The second-order valence-electron chi connectivity index (χ2n) is 5.28. The van der Waals surface area contributed by atoms with Crippen LogP contribution in [0.3, 0.4) is 0 Å². The SMILES string of the molecule is Cc1cc(C(=O)Nc2ccccc2C(N)=O)n(-c2ccccc2)n1. The van der Waals surface area contributed by atoms with Crippen molar-refractivity contribution in [2.75, 3.05) is 5.32 Å². The topological polar surface area (TPSA) is 90.0 Å². The van der Waals surface area contributed by atoms with Crippen molar-refractivity contribution in [3.63, 3.8) is 0 Å². The molecule has 0 spiro atoms. The summed E-state index contributed by atoms with van der Waals surface area (Å²) in [5, 5.41) is 7.10. The summed E-state index contributed by atoms with van der Waals surface area (Å²) in [6.07, 6.45) is 0. The quantitative estimate of drug-likeness (QED) is 0.774. The third-order valence-corrected chi connectivity index (χ3v) is 3.51. The number of hydrogen-bond donors (Lipinski definition) is 2. The Morgan fingerprint density at radius 1 is 1.04 bits per heavy atom. The highest BCUT2D eigenvalue weighted by atomic mass is 16.2. The van der Waals surface area contributed by atoms with Gasteiger partial charge in [0, 0.05) is 0 Å². The number of carbonyl (C=O) groups is 2. The molecule has 0 saturated heterocycles. The van der Waals surface area contributed by atoms with Gasteiger partial charge in [0.15, 0.2) is 0 Å². The number of benzene rings is 2. The van der Waals surface area contributed by atoms with Crippen LogP contribution >= 0.6 is 0 Å². The Kier molecular flexibility index (Phi) is 4.11. The van der Waals surface area contributed by atoms with Gasteiger partial charge < -0.3 is 11.1 Å². The Bertz CT molecular complexity index is 900. The molecule has 6 heteroatoms. The summed E-state index contributed by atoms with van der Waals surface area (Å²) in [5.74, 6) is -0.966. The minimum Gasteiger partial charge on any atom is -0.366 e. The fourth-order valence-corrected chi connectivity index (χ4v) is 2.42. The largest absolute Gasteiger partial charge is 0.366 e. The molecule has 1 heterocycles. The summed E-state index contributed by atoms with van der Waals surface area (Å²) in [7, 11) is 0. The monoisotopic (exact) mass is 320 g/mol. The Labute approximate surface area is 138 Å². The lowest BCUT2D eigenvalue weighted by Gasteiger charge is -2.10. The molecule has 3 rings (SSSR count). The Hall–Kier alpha value is -3.41. The van der Waals surface area contributed by atoms with Crippen molar-refractivity contribution < 1.29 is 9.59 Å². The van der Waals surface area contributed by atoms with Gasteiger partial charge in [0.25, 0.3) is 11.8 Å². The zero-order valence-electron chi connectivity index (χ0n) is 13.1. The fourth-order valence-electron chi connectivity index (χ4n) is 2.42. The van der Waals surface area contributed by atoms with Gasteiger partial charge >= 0.3 is 0 Å². The molecule has 0 aliphatic heterocycles. The molecule has 120 valence electrons. The zero-order valence-corrected chi connectivity index (χ0v) is 13.1. The lowest BCUT2D eigenvalue weighted by atomic mass is 10.1. The van der Waals surface area contributed by atoms with Gasteiger partial charge in [0.2, 0.25) is 0 Å². The summed E-state index contributed by atoms with van der Waals surface area (Å²) >= 11 is 0. The maximum absolute atomic E-state index is 12.7. The van der Waals surface area contributed by atoms with Crippen LogP contribution in [0.15, 0.2) is 60.7 Å². The molecule has 1 aromatic heterocycles. The number of aryl methyl sites for hydroxylation is 1. The predicted molar refractivity (Wildman–Crippen MR) is 91.2 cm³/mol. The van der Waals surface area contributed by atoms with E-state index in [-0.39, 0.29) is 11.5 Å². The lowest BCUT2D eigenvalue weighted by Crippen LogP contribution is -2.20. The Morgan fingerprint density at radius 3 is 2.42 bits per heavy atom. The minimum atomic E-state index is -0.598. The molecule has 24 heavy (non-hydrogen) atoms. The van der Waals surface area contributed by atoms with E-state index < -0.39 is 5.91 Å². The summed E-state index contributed by atoms with van der Waals surface area (Å²) in [6.45, 7) is 1.81. The van der Waals surface area contributed by atoms with E-state index >= 15 is 0 Å². The van der Waals surface area contributed by atoms with E-state index in [1.807, 2.05) is 37.3 Å². The van der Waals surface area contributed by atoms with Crippen molar-refractivity contribution in [1.82, 2.24) is 9.78 Å². The summed E-state index contributed by atoms with van der Waals surface area (Å²) in [5.41, 5.74) is 7.84. The number of primary amides is 1. The molecule has 0 fully saturated rings. The summed E-state index contributed by atoms with van der Waals surface area (Å²) in [4.78, 5) is 24.2. The van der Waals surface area contributed by atoms with Gasteiger partial charge in [-0.3, -0.25) is 9.59 Å². The molecular weight excluding hydrogens is 304 g/mol. The number of anilines is 1. The normalized spacial score (nSPS) is 10.4. The van der Waals surface area contributed by atoms with Crippen LogP contribution in [0.5, 0.6) is 0 Å². The lowest BCUT2D eigenvalue weighted by molar-refractivity contribution is 0.100. The molecule has 2 amide bonds. The third kappa shape index (κ3) is 3.03. The molecule has 0 radical (unpaired) electrons. The van der Waals surface area contributed by atoms with Crippen molar-refractivity contribution in [3.05, 3.63) is 77.6 Å². The van der Waals surface area contributed by atoms with Crippen LogP contribution < -0.4 is 11.1 Å². The highest BCUT2D eigenvalue weighted by Crippen LogP contribution is 2.18. The van der Waals surface area contributed by atoms with Crippen LogP contribution in [0.25, 0.3) is 5.69 Å². The second kappa shape index (κ2) is 6.37. The Morgan fingerprint density at radius 2 is 1.71 bits per heavy atom. The van der Waals surface area contributed by atoms with E-state index in [2.05, 4.69) is 10.4 Å². The van der Waals surface area contributed by atoms with Crippen LogP contribution in [0.1, 0.15) is 26.5 Å². The number of rotatable bonds is 4. The van der Waals surface area contributed by atoms with Crippen molar-refractivity contribution in [2.45, 2.75) is 6.92 Å². The predicted octanol–water partition coefficient (Wildman–Crippen LogP) is 2.53. The first-order chi connectivity index (χ1) is 11.6. The molecule has 0 aliphatic carbocycles. The van der Waals surface area contributed by atoms with E-state index in [9.17, 15) is 9.59 Å². The first-order valence-electron chi connectivity index (χ1n) is 7.38. The van der Waals surface area contributed by atoms with Gasteiger partial charge in [-0.1, -0.05) is 30.3 Å². The number of aromatic nitrogens is 2. The second-order valence-corrected chi connectivity index (χ2v) is 5.28. The van der Waals surface area contributed by atoms with E-state index in [0.29, 0.717) is 17.1 Å². The van der Waals surface area contributed by atoms with E-state index in [0.717, 1.165) is 5.69 Å². The molecule has 2 aromatic carbocycles. The van der Waals surface area contributed by atoms with Crippen LogP contribution in [0, 0.1) is 6.92 Å². The average molecular weight is 320 g/mol. The molecule has 0 saturated carbocycles. The number of nitrogens with zero attached hydrogens (tertiary/aromatic N) is 2. The van der Waals surface area contributed by atoms with Crippen LogP contribution in [-0.4, -0.2) is 21.6 Å². The summed E-state index contributed by atoms with van der Waals surface area (Å²) < 4.78 is 1.57. The number of hydrogen-bond acceptors (Lipinski definition) is 3. The molecule has 0 atom stereocenters. The van der Waals surface area contributed by atoms with E-state index in [4.69, 9.17) is 5.73 Å². The van der Waals surface area contributed by atoms with Gasteiger partial charge in [0.05, 0.1) is 22.6 Å². The molecule has 6 nitrogen and oxygen atoms in total. The molecule has 0 unspecified atom stereocenters. The minimum absolute atomic E-state index is 0.258. The number of nitrogens with two attached hydrogens (primary N) is 1. The first kappa shape index (κ1) is 15.5. The number of amides is 2. The van der Waals surface area contributed by atoms with Crippen molar-refractivity contribution in [2.24, 2.45) is 5.73 Å². The van der Waals surface area contributed by atoms with Gasteiger partial charge in [-0.2, -0.15) is 5.10 Å². The fraction of sp³-hybridized carbons (Fsp3) is 0.0556. The highest BCUT2D eigenvalue weighted by Gasteiger charge is 2.17. The molecule has 0 aliphatic rings. The maximum atomic E-state index is 12.7. The number of para-hydroxylation sites is 2. The van der Waals surface area contributed by atoms with Crippen molar-refractivity contribution >= 4 is 17.5 Å². The first-order valence-corrected chi connectivity index (χ1v) is 7.38. The third-order valence-electron chi connectivity index (χ3n) is 3.51. The van der Waals surface area contributed by atoms with Crippen LogP contribution in [-0.2, 0) is 0 Å². The average Bonchev–Trinajstić information content (AvgIpc) is 2.98. The molecule has 3 N–H and O–H groups in total. The van der Waals surface area contributed by atoms with Gasteiger partial charge in [0.1, 0.15) is 5.69 Å². The number of nitrogens with one attached hydrogen (secondary N) is 1. The zero-order chi connectivity index (χ0) is 17.1. The van der Waals surface area contributed by atoms with Gasteiger partial charge in [-0.05, 0) is 37.3 Å². The van der Waals surface area contributed by atoms with Gasteiger partial charge in [-0.25, -0.2) is 4.68 Å². The standard InChI is InChI=1S/C18H16N4O2/c1-12-11-16(22(21-12)13-7-3-2-4-8-13)18(24)20-15-10-6-5-9-14(15)17(19)23/h2-11H,1H3,(H2,19,23)(H,20,24). The van der Waals surface area contributed by atoms with Crippen LogP contribution in [0.2, 0.25) is 0 Å². The molecule has 3 aromatic rings. The molecule has 0 bridgehead atoms. The molecular formula is C18H16N4O2. The van der Waals surface area contributed by atoms with Crippen LogP contribution in [0.4, 0.5) is 5.69 Å². The number of carbonyl (C=O) groups excluding carboxylic acids is 2. The van der Waals surface area contributed by atoms with Crippen molar-refractivity contribution in [1.29, 1.82) is 0 Å². The maximum Gasteiger partial charge on any atom is 0.274 e. The smallest absolute Gasteiger partial charge is 0.274 e. The van der Waals surface area contributed by atoms with Gasteiger partial charge in [-0.15, -0.1) is 0 Å². The highest BCUT2D eigenvalue weighted by molar-refractivity contribution is 6.08. The Balaban J connectivity index is 1.96. The van der Waals surface area contributed by atoms with E-state index in [1.165, 1.54) is 0 Å². The van der Waals surface area contributed by atoms with Crippen molar-refractivity contribution in [3.8, 4) is 5.69 Å².